The maximum absolute atomic E-state index is 10.5. The quantitative estimate of drug-likeness (QED) is 0.748. The molecule has 1 unspecified atom stereocenters. The van der Waals surface area contributed by atoms with Gasteiger partial charge >= 0.3 is 0 Å². The van der Waals surface area contributed by atoms with Crippen LogP contribution in [0.5, 0.6) is 5.75 Å². The van der Waals surface area contributed by atoms with Crippen molar-refractivity contribution in [3.05, 3.63) is 29.8 Å². The molecule has 1 aromatic carbocycles. The summed E-state index contributed by atoms with van der Waals surface area (Å²) in [4.78, 5) is 12.8. The smallest absolute Gasteiger partial charge is 0.122 e. The highest BCUT2D eigenvalue weighted by Gasteiger charge is 2.19. The predicted molar refractivity (Wildman–Crippen MR) is 72.0 cm³/mol. The predicted octanol–water partition coefficient (Wildman–Crippen LogP) is 2.29. The first kappa shape index (κ1) is 13.1. The van der Waals surface area contributed by atoms with Crippen molar-refractivity contribution < 1.29 is 9.53 Å². The van der Waals surface area contributed by atoms with Gasteiger partial charge in [0.15, 0.2) is 0 Å². The van der Waals surface area contributed by atoms with Crippen LogP contribution in [-0.4, -0.2) is 37.4 Å². The van der Waals surface area contributed by atoms with Gasteiger partial charge in [0.25, 0.3) is 0 Å². The first-order valence-electron chi connectivity index (χ1n) is 6.66. The van der Waals surface area contributed by atoms with E-state index in [2.05, 4.69) is 11.9 Å². The Kier molecular flexibility index (Phi) is 4.76. The molecule has 98 valence electrons. The average Bonchev–Trinajstić information content (AvgIpc) is 2.38. The molecular formula is C15H21NO2. The van der Waals surface area contributed by atoms with Crippen molar-refractivity contribution in [2.45, 2.75) is 31.8 Å². The van der Waals surface area contributed by atoms with Gasteiger partial charge in [0.2, 0.25) is 0 Å². The third kappa shape index (κ3) is 3.57. The summed E-state index contributed by atoms with van der Waals surface area (Å²) < 4.78 is 6.10. The summed E-state index contributed by atoms with van der Waals surface area (Å²) in [6.45, 7) is 2.15. The van der Waals surface area contributed by atoms with Crippen molar-refractivity contribution >= 4 is 6.29 Å². The minimum atomic E-state index is 0.279. The average molecular weight is 247 g/mol. The Bertz CT molecular complexity index is 392. The second-order valence-corrected chi connectivity index (χ2v) is 4.96. The SMILES string of the molecule is CN1CCCC(Oc2ccccc2CCC=O)C1. The van der Waals surface area contributed by atoms with Crippen LogP contribution in [0.25, 0.3) is 0 Å². The van der Waals surface area contributed by atoms with E-state index in [9.17, 15) is 4.79 Å². The van der Waals surface area contributed by atoms with Crippen molar-refractivity contribution in [2.24, 2.45) is 0 Å². The van der Waals surface area contributed by atoms with Gasteiger partial charge in [-0.15, -0.1) is 0 Å². The molecule has 0 spiro atoms. The van der Waals surface area contributed by atoms with Gasteiger partial charge in [0, 0.05) is 13.0 Å². The Hall–Kier alpha value is -1.35. The molecule has 0 aliphatic carbocycles. The van der Waals surface area contributed by atoms with E-state index >= 15 is 0 Å². The van der Waals surface area contributed by atoms with Crippen molar-refractivity contribution in [3.63, 3.8) is 0 Å². The summed E-state index contributed by atoms with van der Waals surface area (Å²) in [5.74, 6) is 0.944. The van der Waals surface area contributed by atoms with Crippen LogP contribution in [0.15, 0.2) is 24.3 Å². The zero-order chi connectivity index (χ0) is 12.8. The van der Waals surface area contributed by atoms with Gasteiger partial charge < -0.3 is 14.4 Å². The molecule has 2 rings (SSSR count). The minimum absolute atomic E-state index is 0.279. The number of ether oxygens (including phenoxy) is 1. The summed E-state index contributed by atoms with van der Waals surface area (Å²) in [6, 6.07) is 8.05. The number of piperidine rings is 1. The lowest BCUT2D eigenvalue weighted by molar-refractivity contribution is -0.107. The number of likely N-dealkylation sites (tertiary alicyclic amines) is 1. The second kappa shape index (κ2) is 6.55. The fraction of sp³-hybridized carbons (Fsp3) is 0.533. The molecule has 18 heavy (non-hydrogen) atoms. The van der Waals surface area contributed by atoms with E-state index in [4.69, 9.17) is 4.74 Å². The number of likely N-dealkylation sites (N-methyl/N-ethyl adjacent to an activating group) is 1. The lowest BCUT2D eigenvalue weighted by Crippen LogP contribution is -2.38. The van der Waals surface area contributed by atoms with Gasteiger partial charge in [-0.05, 0) is 44.5 Å². The van der Waals surface area contributed by atoms with Gasteiger partial charge in [0.1, 0.15) is 18.1 Å². The summed E-state index contributed by atoms with van der Waals surface area (Å²) in [6.07, 6.45) is 4.88. The Morgan fingerprint density at radius 1 is 1.44 bits per heavy atom. The first-order chi connectivity index (χ1) is 8.79. The van der Waals surface area contributed by atoms with Gasteiger partial charge in [-0.3, -0.25) is 0 Å². The number of aldehydes is 1. The van der Waals surface area contributed by atoms with Gasteiger partial charge in [-0.25, -0.2) is 0 Å². The molecular weight excluding hydrogens is 226 g/mol. The van der Waals surface area contributed by atoms with E-state index < -0.39 is 0 Å². The molecule has 0 bridgehead atoms. The maximum atomic E-state index is 10.5. The van der Waals surface area contributed by atoms with Crippen LogP contribution in [0.3, 0.4) is 0 Å². The number of nitrogens with zero attached hydrogens (tertiary/aromatic N) is 1. The molecule has 0 saturated carbocycles. The van der Waals surface area contributed by atoms with E-state index in [-0.39, 0.29) is 6.10 Å². The van der Waals surface area contributed by atoms with Crippen molar-refractivity contribution in [1.29, 1.82) is 0 Å². The van der Waals surface area contributed by atoms with Gasteiger partial charge in [0.05, 0.1) is 0 Å². The number of para-hydroxylation sites is 1. The van der Waals surface area contributed by atoms with Crippen LogP contribution >= 0.6 is 0 Å². The van der Waals surface area contributed by atoms with E-state index in [1.807, 2.05) is 24.3 Å². The van der Waals surface area contributed by atoms with Gasteiger partial charge in [-0.1, -0.05) is 18.2 Å². The van der Waals surface area contributed by atoms with Crippen molar-refractivity contribution in [1.82, 2.24) is 4.90 Å². The molecule has 0 N–H and O–H groups in total. The van der Waals surface area contributed by atoms with Crippen LogP contribution in [-0.2, 0) is 11.2 Å². The number of hydrogen-bond acceptors (Lipinski definition) is 3. The molecule has 1 aliphatic heterocycles. The van der Waals surface area contributed by atoms with Crippen LogP contribution in [0, 0.1) is 0 Å². The summed E-state index contributed by atoms with van der Waals surface area (Å²) >= 11 is 0. The highest BCUT2D eigenvalue weighted by molar-refractivity contribution is 5.50. The topological polar surface area (TPSA) is 29.5 Å². The van der Waals surface area contributed by atoms with E-state index in [1.165, 1.54) is 6.42 Å². The highest BCUT2D eigenvalue weighted by atomic mass is 16.5. The number of carbonyl (C=O) groups excluding carboxylic acids is 1. The number of benzene rings is 1. The van der Waals surface area contributed by atoms with E-state index in [1.54, 1.807) is 0 Å². The molecule has 1 heterocycles. The fourth-order valence-corrected chi connectivity index (χ4v) is 2.43. The Balaban J connectivity index is 2.01. The lowest BCUT2D eigenvalue weighted by Gasteiger charge is -2.30. The molecule has 1 atom stereocenters. The molecule has 0 radical (unpaired) electrons. The summed E-state index contributed by atoms with van der Waals surface area (Å²) in [5.41, 5.74) is 1.14. The molecule has 1 fully saturated rings. The van der Waals surface area contributed by atoms with E-state index in [0.29, 0.717) is 6.42 Å². The monoisotopic (exact) mass is 247 g/mol. The van der Waals surface area contributed by atoms with Gasteiger partial charge in [-0.2, -0.15) is 0 Å². The molecule has 1 saturated heterocycles. The molecule has 1 aromatic rings. The van der Waals surface area contributed by atoms with Crippen LogP contribution in [0.1, 0.15) is 24.8 Å². The largest absolute Gasteiger partial charge is 0.489 e. The Morgan fingerprint density at radius 2 is 2.28 bits per heavy atom. The van der Waals surface area contributed by atoms with Crippen LogP contribution in [0.4, 0.5) is 0 Å². The van der Waals surface area contributed by atoms with Crippen LogP contribution in [0.2, 0.25) is 0 Å². The summed E-state index contributed by atoms with van der Waals surface area (Å²) in [7, 11) is 2.13. The second-order valence-electron chi connectivity index (χ2n) is 4.96. The molecule has 0 aromatic heterocycles. The lowest BCUT2D eigenvalue weighted by atomic mass is 10.1. The number of rotatable bonds is 5. The number of aryl methyl sites for hydroxylation is 1. The van der Waals surface area contributed by atoms with Crippen LogP contribution < -0.4 is 4.74 Å². The summed E-state index contributed by atoms with van der Waals surface area (Å²) in [5, 5.41) is 0. The number of carbonyl (C=O) groups is 1. The van der Waals surface area contributed by atoms with E-state index in [0.717, 1.165) is 43.5 Å². The van der Waals surface area contributed by atoms with Crippen molar-refractivity contribution in [2.75, 3.05) is 20.1 Å². The first-order valence-corrected chi connectivity index (χ1v) is 6.66. The normalized spacial score (nSPS) is 20.6. The minimum Gasteiger partial charge on any atom is -0.489 e. The standard InChI is InChI=1S/C15H21NO2/c1-16-10-4-8-14(12-16)18-15-9-3-2-6-13(15)7-5-11-17/h2-3,6,9,11,14H,4-5,7-8,10,12H2,1H3. The molecule has 0 amide bonds. The third-order valence-corrected chi connectivity index (χ3v) is 3.38. The molecule has 1 aliphatic rings. The Morgan fingerprint density at radius 3 is 3.06 bits per heavy atom. The number of hydrogen-bond donors (Lipinski definition) is 0. The molecule has 3 nitrogen and oxygen atoms in total. The highest BCUT2D eigenvalue weighted by Crippen LogP contribution is 2.23. The zero-order valence-electron chi connectivity index (χ0n) is 11.0. The van der Waals surface area contributed by atoms with Crippen molar-refractivity contribution in [3.8, 4) is 5.75 Å². The third-order valence-electron chi connectivity index (χ3n) is 3.38. The Labute approximate surface area is 109 Å². The zero-order valence-corrected chi connectivity index (χ0v) is 11.0. The molecule has 3 heteroatoms. The fourth-order valence-electron chi connectivity index (χ4n) is 2.43. The maximum Gasteiger partial charge on any atom is 0.122 e.